The predicted molar refractivity (Wildman–Crippen MR) is 117 cm³/mol. The Morgan fingerprint density at radius 2 is 1.83 bits per heavy atom. The van der Waals surface area contributed by atoms with Crippen molar-refractivity contribution in [2.75, 3.05) is 5.32 Å². The fourth-order valence-electron chi connectivity index (χ4n) is 2.91. The van der Waals surface area contributed by atoms with E-state index in [4.69, 9.17) is 4.74 Å². The van der Waals surface area contributed by atoms with Crippen LogP contribution in [0.15, 0.2) is 84.2 Å². The van der Waals surface area contributed by atoms with Gasteiger partial charge < -0.3 is 10.1 Å². The second-order valence-corrected chi connectivity index (χ2v) is 7.52. The number of aryl methyl sites for hydroxylation is 1. The van der Waals surface area contributed by atoms with Gasteiger partial charge in [0.05, 0.1) is 0 Å². The van der Waals surface area contributed by atoms with E-state index in [9.17, 15) is 4.79 Å². The van der Waals surface area contributed by atoms with Crippen LogP contribution in [-0.4, -0.2) is 10.9 Å². The van der Waals surface area contributed by atoms with E-state index in [1.165, 1.54) is 16.9 Å². The van der Waals surface area contributed by atoms with Crippen molar-refractivity contribution >= 4 is 22.9 Å². The normalized spacial score (nSPS) is 10.5. The van der Waals surface area contributed by atoms with Crippen LogP contribution in [0.3, 0.4) is 0 Å². The van der Waals surface area contributed by atoms with Gasteiger partial charge in [-0.1, -0.05) is 60.2 Å². The fraction of sp³-hybridized carbons (Fsp3) is 0.0833. The Bertz CT molecular complexity index is 1120. The summed E-state index contributed by atoms with van der Waals surface area (Å²) in [6.45, 7) is 2.58. The third-order valence-electron chi connectivity index (χ3n) is 4.34. The molecule has 4 rings (SSSR count). The smallest absolute Gasteiger partial charge is 0.275 e. The van der Waals surface area contributed by atoms with E-state index >= 15 is 0 Å². The first-order chi connectivity index (χ1) is 14.2. The lowest BCUT2D eigenvalue weighted by Crippen LogP contribution is -2.12. The molecule has 0 radical (unpaired) electrons. The van der Waals surface area contributed by atoms with Gasteiger partial charge in [0.25, 0.3) is 5.91 Å². The molecular formula is C24H20N2O2S. The Labute approximate surface area is 173 Å². The molecule has 1 amide bonds. The Hall–Kier alpha value is -3.44. The lowest BCUT2D eigenvalue weighted by atomic mass is 10.1. The van der Waals surface area contributed by atoms with E-state index in [-0.39, 0.29) is 5.91 Å². The van der Waals surface area contributed by atoms with Gasteiger partial charge in [-0.2, -0.15) is 0 Å². The molecule has 0 atom stereocenters. The van der Waals surface area contributed by atoms with Crippen LogP contribution < -0.4 is 10.1 Å². The van der Waals surface area contributed by atoms with Crippen molar-refractivity contribution in [2.24, 2.45) is 0 Å². The number of thiazole rings is 1. The van der Waals surface area contributed by atoms with Crippen LogP contribution in [0.4, 0.5) is 5.69 Å². The summed E-state index contributed by atoms with van der Waals surface area (Å²) in [5, 5.41) is 5.41. The number of ether oxygens (including phenoxy) is 1. The number of hydrogen-bond acceptors (Lipinski definition) is 4. The number of amides is 1. The molecule has 144 valence electrons. The monoisotopic (exact) mass is 400 g/mol. The summed E-state index contributed by atoms with van der Waals surface area (Å²) >= 11 is 1.44. The Balaban J connectivity index is 1.45. The molecule has 0 saturated heterocycles. The van der Waals surface area contributed by atoms with Crippen LogP contribution in [0.5, 0.6) is 5.75 Å². The first-order valence-corrected chi connectivity index (χ1v) is 10.2. The molecule has 29 heavy (non-hydrogen) atoms. The molecule has 0 aliphatic heterocycles. The second-order valence-electron chi connectivity index (χ2n) is 6.66. The summed E-state index contributed by atoms with van der Waals surface area (Å²) < 4.78 is 5.94. The van der Waals surface area contributed by atoms with Crippen LogP contribution in [0.2, 0.25) is 0 Å². The first-order valence-electron chi connectivity index (χ1n) is 9.28. The molecular weight excluding hydrogens is 380 g/mol. The molecule has 5 heteroatoms. The van der Waals surface area contributed by atoms with Crippen molar-refractivity contribution in [1.82, 2.24) is 4.98 Å². The van der Waals surface area contributed by atoms with Crippen molar-refractivity contribution < 1.29 is 9.53 Å². The number of nitrogens with zero attached hydrogens (tertiary/aromatic N) is 1. The highest BCUT2D eigenvalue weighted by Crippen LogP contribution is 2.27. The number of carbonyl (C=O) groups is 1. The van der Waals surface area contributed by atoms with Crippen LogP contribution >= 0.6 is 11.3 Å². The standard InChI is InChI=1S/C24H20N2O2S/c1-17-7-5-8-18(13-17)15-28-21-12-6-9-19(14-21)24-26-22(16-29-24)23(27)25-20-10-3-2-4-11-20/h2-14,16H,15H2,1H3,(H,25,27). The number of hydrogen-bond donors (Lipinski definition) is 1. The zero-order valence-electron chi connectivity index (χ0n) is 16.0. The highest BCUT2D eigenvalue weighted by atomic mass is 32.1. The van der Waals surface area contributed by atoms with Crippen molar-refractivity contribution in [3.63, 3.8) is 0 Å². The maximum Gasteiger partial charge on any atom is 0.275 e. The molecule has 4 nitrogen and oxygen atoms in total. The zero-order valence-corrected chi connectivity index (χ0v) is 16.8. The summed E-state index contributed by atoms with van der Waals surface area (Å²) in [6, 6.07) is 25.4. The predicted octanol–water partition coefficient (Wildman–Crippen LogP) is 5.95. The lowest BCUT2D eigenvalue weighted by molar-refractivity contribution is 0.102. The van der Waals surface area contributed by atoms with Gasteiger partial charge in [-0.3, -0.25) is 4.79 Å². The molecule has 1 N–H and O–H groups in total. The number of benzene rings is 3. The minimum Gasteiger partial charge on any atom is -0.489 e. The van der Waals surface area contributed by atoms with Gasteiger partial charge in [-0.25, -0.2) is 4.98 Å². The molecule has 0 saturated carbocycles. The van der Waals surface area contributed by atoms with Crippen molar-refractivity contribution in [3.8, 4) is 16.3 Å². The molecule has 4 aromatic rings. The average Bonchev–Trinajstić information content (AvgIpc) is 3.24. The lowest BCUT2D eigenvalue weighted by Gasteiger charge is -2.08. The molecule has 0 bridgehead atoms. The van der Waals surface area contributed by atoms with Gasteiger partial charge in [-0.05, 0) is 36.8 Å². The van der Waals surface area contributed by atoms with Gasteiger partial charge in [-0.15, -0.1) is 11.3 Å². The van der Waals surface area contributed by atoms with E-state index in [1.807, 2.05) is 60.7 Å². The molecule has 0 fully saturated rings. The molecule has 0 aliphatic carbocycles. The summed E-state index contributed by atoms with van der Waals surface area (Å²) in [4.78, 5) is 16.9. The number of nitrogens with one attached hydrogen (secondary N) is 1. The quantitative estimate of drug-likeness (QED) is 0.435. The molecule has 0 unspecified atom stereocenters. The summed E-state index contributed by atoms with van der Waals surface area (Å²) in [6.07, 6.45) is 0. The molecule has 1 heterocycles. The van der Waals surface area contributed by atoms with Crippen molar-refractivity contribution in [1.29, 1.82) is 0 Å². The van der Waals surface area contributed by atoms with Crippen LogP contribution in [-0.2, 0) is 6.61 Å². The summed E-state index contributed by atoms with van der Waals surface area (Å²) in [5.41, 5.74) is 4.42. The number of anilines is 1. The number of para-hydroxylation sites is 1. The molecule has 0 aliphatic rings. The average molecular weight is 401 g/mol. The SMILES string of the molecule is Cc1cccc(COc2cccc(-c3nc(C(=O)Nc4ccccc4)cs3)c2)c1. The van der Waals surface area contributed by atoms with E-state index in [0.29, 0.717) is 12.3 Å². The van der Waals surface area contributed by atoms with Crippen LogP contribution in [0.1, 0.15) is 21.6 Å². The Morgan fingerprint density at radius 1 is 1.00 bits per heavy atom. The highest BCUT2D eigenvalue weighted by Gasteiger charge is 2.12. The minimum absolute atomic E-state index is 0.217. The number of carbonyl (C=O) groups excluding carboxylic acids is 1. The van der Waals surface area contributed by atoms with E-state index in [2.05, 4.69) is 35.4 Å². The summed E-state index contributed by atoms with van der Waals surface area (Å²) in [5.74, 6) is 0.556. The van der Waals surface area contributed by atoms with Gasteiger partial charge in [0.15, 0.2) is 0 Å². The largest absolute Gasteiger partial charge is 0.489 e. The summed E-state index contributed by atoms with van der Waals surface area (Å²) in [7, 11) is 0. The Morgan fingerprint density at radius 3 is 2.66 bits per heavy atom. The van der Waals surface area contributed by atoms with Crippen LogP contribution in [0.25, 0.3) is 10.6 Å². The highest BCUT2D eigenvalue weighted by molar-refractivity contribution is 7.13. The fourth-order valence-corrected chi connectivity index (χ4v) is 3.71. The third kappa shape index (κ3) is 4.89. The van der Waals surface area contributed by atoms with E-state index in [0.717, 1.165) is 27.6 Å². The molecule has 3 aromatic carbocycles. The van der Waals surface area contributed by atoms with Gasteiger partial charge >= 0.3 is 0 Å². The Kier molecular flexibility index (Phi) is 5.68. The van der Waals surface area contributed by atoms with Crippen molar-refractivity contribution in [2.45, 2.75) is 13.5 Å². The van der Waals surface area contributed by atoms with Crippen molar-refractivity contribution in [3.05, 3.63) is 101 Å². The van der Waals surface area contributed by atoms with Gasteiger partial charge in [0.1, 0.15) is 23.1 Å². The van der Waals surface area contributed by atoms with Gasteiger partial charge in [0, 0.05) is 16.6 Å². The number of rotatable bonds is 6. The second kappa shape index (κ2) is 8.71. The third-order valence-corrected chi connectivity index (χ3v) is 5.23. The maximum atomic E-state index is 12.4. The van der Waals surface area contributed by atoms with E-state index < -0.39 is 0 Å². The number of aromatic nitrogens is 1. The van der Waals surface area contributed by atoms with Gasteiger partial charge in [0.2, 0.25) is 0 Å². The maximum absolute atomic E-state index is 12.4. The molecule has 1 aromatic heterocycles. The zero-order chi connectivity index (χ0) is 20.1. The topological polar surface area (TPSA) is 51.2 Å². The van der Waals surface area contributed by atoms with E-state index in [1.54, 1.807) is 5.38 Å². The van der Waals surface area contributed by atoms with Crippen LogP contribution in [0, 0.1) is 6.92 Å². The first kappa shape index (κ1) is 18.9. The molecule has 0 spiro atoms. The minimum atomic E-state index is -0.217.